The van der Waals surface area contributed by atoms with Gasteiger partial charge in [0.2, 0.25) is 12.1 Å². The van der Waals surface area contributed by atoms with E-state index in [1.54, 1.807) is 35.5 Å². The van der Waals surface area contributed by atoms with E-state index in [0.717, 1.165) is 5.56 Å². The first-order valence-corrected chi connectivity index (χ1v) is 12.8. The number of halogens is 2. The van der Waals surface area contributed by atoms with Gasteiger partial charge in [0.15, 0.2) is 23.1 Å². The van der Waals surface area contributed by atoms with Crippen molar-refractivity contribution < 1.29 is 27.4 Å². The number of amides is 1. The third kappa shape index (κ3) is 5.28. The molecular formula is C27H24F2N9O3+. The largest absolute Gasteiger partial charge is 0.436 e. The second kappa shape index (κ2) is 10.9. The molecule has 0 bridgehead atoms. The van der Waals surface area contributed by atoms with Crippen molar-refractivity contribution in [1.82, 2.24) is 40.0 Å². The van der Waals surface area contributed by atoms with Gasteiger partial charge in [-0.2, -0.15) is 8.78 Å². The van der Waals surface area contributed by atoms with E-state index >= 15 is 0 Å². The van der Waals surface area contributed by atoms with Crippen LogP contribution in [-0.2, 0) is 0 Å². The number of benzene rings is 1. The van der Waals surface area contributed by atoms with Crippen LogP contribution < -0.4 is 4.57 Å². The van der Waals surface area contributed by atoms with Gasteiger partial charge in [-0.3, -0.25) is 14.7 Å². The third-order valence-electron chi connectivity index (χ3n) is 6.86. The maximum atomic E-state index is 13.4. The molecule has 1 aromatic carbocycles. The number of alkyl halides is 2. The number of nitrogens with zero attached hydrogens (tertiary/aromatic N) is 9. The Kier molecular flexibility index (Phi) is 6.97. The van der Waals surface area contributed by atoms with Crippen molar-refractivity contribution in [2.24, 2.45) is 0 Å². The zero-order valence-electron chi connectivity index (χ0n) is 21.8. The second-order valence-electron chi connectivity index (χ2n) is 9.46. The summed E-state index contributed by atoms with van der Waals surface area (Å²) in [6.45, 7) is 0.225. The van der Waals surface area contributed by atoms with Crippen molar-refractivity contribution in [3.05, 3.63) is 84.2 Å². The predicted octanol–water partition coefficient (Wildman–Crippen LogP) is 2.77. The van der Waals surface area contributed by atoms with Gasteiger partial charge in [0, 0.05) is 44.0 Å². The monoisotopic (exact) mass is 560 g/mol. The summed E-state index contributed by atoms with van der Waals surface area (Å²) in [5.41, 5.74) is 2.66. The Morgan fingerprint density at radius 3 is 2.54 bits per heavy atom. The van der Waals surface area contributed by atoms with Crippen LogP contribution in [0, 0.1) is 0 Å². The fourth-order valence-corrected chi connectivity index (χ4v) is 4.81. The van der Waals surface area contributed by atoms with Crippen molar-refractivity contribution in [3.8, 4) is 11.5 Å². The molecule has 0 unspecified atom stereocenters. The van der Waals surface area contributed by atoms with Crippen LogP contribution in [0.4, 0.5) is 8.78 Å². The summed E-state index contributed by atoms with van der Waals surface area (Å²) in [7, 11) is 0. The summed E-state index contributed by atoms with van der Waals surface area (Å²) in [6.07, 6.45) is 4.71. The molecular weight excluding hydrogens is 536 g/mol. The average molecular weight is 561 g/mol. The number of piperazine rings is 1. The summed E-state index contributed by atoms with van der Waals surface area (Å²) in [5, 5.41) is 11.3. The molecule has 41 heavy (non-hydrogen) atoms. The number of rotatable bonds is 6. The molecule has 14 heteroatoms. The molecule has 0 N–H and O–H groups in total. The van der Waals surface area contributed by atoms with E-state index in [2.05, 4.69) is 25.4 Å². The smallest absolute Gasteiger partial charge is 0.389 e. The van der Waals surface area contributed by atoms with Gasteiger partial charge < -0.3 is 9.32 Å². The van der Waals surface area contributed by atoms with Crippen LogP contribution in [0.5, 0.6) is 0 Å². The summed E-state index contributed by atoms with van der Waals surface area (Å²) in [6, 6.07) is 13.8. The van der Waals surface area contributed by atoms with E-state index in [1.807, 2.05) is 35.2 Å². The summed E-state index contributed by atoms with van der Waals surface area (Å²) < 4.78 is 33.5. The van der Waals surface area contributed by atoms with Crippen LogP contribution in [0.2, 0.25) is 0 Å². The van der Waals surface area contributed by atoms with E-state index in [9.17, 15) is 18.4 Å². The Bertz CT molecular complexity index is 1720. The van der Waals surface area contributed by atoms with Crippen molar-refractivity contribution in [2.45, 2.75) is 19.5 Å². The van der Waals surface area contributed by atoms with Gasteiger partial charge in [-0.15, -0.1) is 14.8 Å². The summed E-state index contributed by atoms with van der Waals surface area (Å²) in [4.78, 5) is 37.9. The number of oxazole rings is 1. The van der Waals surface area contributed by atoms with Crippen molar-refractivity contribution in [1.29, 1.82) is 0 Å². The minimum atomic E-state index is -2.89. The normalized spacial score (nSPS) is 15.0. The Morgan fingerprint density at radius 2 is 1.83 bits per heavy atom. The Morgan fingerprint density at radius 1 is 1.05 bits per heavy atom. The number of pyridine rings is 2. The fraction of sp³-hybridized carbons (Fsp3) is 0.259. The molecule has 1 atom stereocenters. The highest BCUT2D eigenvalue weighted by molar-refractivity contribution is 5.93. The van der Waals surface area contributed by atoms with E-state index in [1.165, 1.54) is 17.7 Å². The highest BCUT2D eigenvalue weighted by Crippen LogP contribution is 2.28. The van der Waals surface area contributed by atoms with Crippen molar-refractivity contribution in [3.63, 3.8) is 0 Å². The van der Waals surface area contributed by atoms with Gasteiger partial charge in [-0.1, -0.05) is 35.1 Å². The molecule has 0 aliphatic carbocycles. The van der Waals surface area contributed by atoms with Gasteiger partial charge in [0.05, 0.1) is 13.0 Å². The molecule has 1 amide bonds. The zero-order valence-corrected chi connectivity index (χ0v) is 21.8. The molecule has 12 nitrogen and oxygen atoms in total. The van der Waals surface area contributed by atoms with E-state index in [4.69, 9.17) is 4.42 Å². The average Bonchev–Trinajstić information content (AvgIpc) is 3.66. The van der Waals surface area contributed by atoms with Crippen LogP contribution in [0.1, 0.15) is 46.2 Å². The number of hydrogen-bond donors (Lipinski definition) is 0. The molecule has 5 aromatic rings. The molecule has 1 aliphatic heterocycles. The Hall–Kier alpha value is -4.98. The van der Waals surface area contributed by atoms with Gasteiger partial charge in [0.25, 0.3) is 5.91 Å². The highest BCUT2D eigenvalue weighted by atomic mass is 19.3. The van der Waals surface area contributed by atoms with Gasteiger partial charge in [-0.25, -0.2) is 9.78 Å². The van der Waals surface area contributed by atoms with Crippen LogP contribution in [0.15, 0.2) is 71.5 Å². The van der Waals surface area contributed by atoms with E-state index in [-0.39, 0.29) is 23.3 Å². The SMILES string of the molecule is CC(=O)[n+]1ccc2oc(-c3ccnc(C(=O)N4CCN([C@@H](c5ccccc5)c5nnn(C(F)F)n5)CC4)c3)nc2c1. The lowest BCUT2D eigenvalue weighted by Gasteiger charge is -2.38. The van der Waals surface area contributed by atoms with Crippen LogP contribution in [0.25, 0.3) is 22.6 Å². The van der Waals surface area contributed by atoms with E-state index < -0.39 is 12.6 Å². The van der Waals surface area contributed by atoms with Gasteiger partial charge in [-0.05, 0) is 22.9 Å². The minimum Gasteiger partial charge on any atom is -0.436 e. The minimum absolute atomic E-state index is 0.154. The quantitative estimate of drug-likeness (QED) is 0.288. The maximum absolute atomic E-state index is 13.4. The molecule has 6 rings (SSSR count). The maximum Gasteiger partial charge on any atom is 0.389 e. The third-order valence-corrected chi connectivity index (χ3v) is 6.86. The number of tetrazole rings is 1. The first-order chi connectivity index (χ1) is 19.9. The molecule has 1 aliphatic rings. The number of fused-ring (bicyclic) bond motifs is 1. The zero-order chi connectivity index (χ0) is 28.5. The summed E-state index contributed by atoms with van der Waals surface area (Å²) in [5.74, 6) is 0.0599. The molecule has 1 saturated heterocycles. The fourth-order valence-electron chi connectivity index (χ4n) is 4.81. The lowest BCUT2D eigenvalue weighted by molar-refractivity contribution is -0.571. The van der Waals surface area contributed by atoms with Crippen LogP contribution in [0.3, 0.4) is 0 Å². The molecule has 4 aromatic heterocycles. The van der Waals surface area contributed by atoms with Gasteiger partial charge in [0.1, 0.15) is 5.69 Å². The van der Waals surface area contributed by atoms with Crippen LogP contribution >= 0.6 is 0 Å². The molecule has 208 valence electrons. The highest BCUT2D eigenvalue weighted by Gasteiger charge is 2.32. The van der Waals surface area contributed by atoms with Gasteiger partial charge >= 0.3 is 12.5 Å². The first-order valence-electron chi connectivity index (χ1n) is 12.8. The lowest BCUT2D eigenvalue weighted by Crippen LogP contribution is -2.50. The predicted molar refractivity (Wildman–Crippen MR) is 139 cm³/mol. The molecule has 5 heterocycles. The Labute approximate surface area is 231 Å². The summed E-state index contributed by atoms with van der Waals surface area (Å²) >= 11 is 0. The Balaban J connectivity index is 1.19. The van der Waals surface area contributed by atoms with Crippen molar-refractivity contribution >= 4 is 22.9 Å². The van der Waals surface area contributed by atoms with E-state index in [0.29, 0.717) is 53.5 Å². The van der Waals surface area contributed by atoms with Crippen molar-refractivity contribution in [2.75, 3.05) is 26.2 Å². The molecule has 0 spiro atoms. The topological polar surface area (TPSA) is 127 Å². The molecule has 1 fully saturated rings. The first kappa shape index (κ1) is 26.3. The standard InChI is InChI=1S/C27H24F2N9O3/c1-17(39)37-10-8-22-21(16-37)31-25(41-22)19-7-9-30-20(15-19)26(40)36-13-11-35(12-14-36)23(18-5-3-2-4-6-18)24-32-34-38(33-24)27(28)29/h2-10,15-16,23,27H,11-14H2,1H3/q+1/t23-/m0/s1. The number of carbonyl (C=O) groups excluding carboxylic acids is 2. The van der Waals surface area contributed by atoms with Crippen LogP contribution in [-0.4, -0.2) is 78.0 Å². The number of hydrogen-bond acceptors (Lipinski definition) is 9. The molecule has 0 radical (unpaired) electrons. The second-order valence-corrected chi connectivity index (χ2v) is 9.46. The number of aromatic nitrogens is 7. The number of carbonyl (C=O) groups is 2. The lowest BCUT2D eigenvalue weighted by atomic mass is 10.0. The molecule has 0 saturated carbocycles.